The van der Waals surface area contributed by atoms with Crippen molar-refractivity contribution in [3.63, 3.8) is 0 Å². The van der Waals surface area contributed by atoms with Crippen LogP contribution in [0.5, 0.6) is 0 Å². The van der Waals surface area contributed by atoms with Gasteiger partial charge in [-0.25, -0.2) is 4.79 Å². The van der Waals surface area contributed by atoms with Crippen molar-refractivity contribution in [3.8, 4) is 0 Å². The molecule has 0 radical (unpaired) electrons. The van der Waals surface area contributed by atoms with Crippen LogP contribution in [-0.2, 0) is 0 Å². The molecule has 1 aromatic heterocycles. The second kappa shape index (κ2) is 8.56. The minimum absolute atomic E-state index is 0.165. The summed E-state index contributed by atoms with van der Waals surface area (Å²) in [5, 5.41) is 17.0. The van der Waals surface area contributed by atoms with Gasteiger partial charge in [-0.05, 0) is 48.8 Å². The Bertz CT molecular complexity index is 584. The number of urea groups is 1. The van der Waals surface area contributed by atoms with Gasteiger partial charge in [0.05, 0.1) is 0 Å². The third-order valence-electron chi connectivity index (χ3n) is 3.59. The molecule has 1 atom stereocenters. The highest BCUT2D eigenvalue weighted by Gasteiger charge is 2.12. The topological polar surface area (TPSA) is 61.4 Å². The number of aliphatic hydroxyl groups is 1. The van der Waals surface area contributed by atoms with Crippen LogP contribution in [-0.4, -0.2) is 24.3 Å². The zero-order valence-electron chi connectivity index (χ0n) is 12.7. The van der Waals surface area contributed by atoms with Gasteiger partial charge in [0.2, 0.25) is 0 Å². The second-order valence-electron chi connectivity index (χ2n) is 5.21. The van der Waals surface area contributed by atoms with Crippen molar-refractivity contribution in [2.75, 3.05) is 18.5 Å². The van der Waals surface area contributed by atoms with E-state index in [-0.39, 0.29) is 12.6 Å². The number of nitrogens with one attached hydrogen (secondary N) is 2. The van der Waals surface area contributed by atoms with Gasteiger partial charge in [-0.1, -0.05) is 24.3 Å². The van der Waals surface area contributed by atoms with E-state index in [2.05, 4.69) is 16.7 Å². The van der Waals surface area contributed by atoms with Crippen LogP contribution in [0.1, 0.15) is 29.2 Å². The number of carbonyl (C=O) groups is 1. The smallest absolute Gasteiger partial charge is 0.319 e. The Morgan fingerprint density at radius 1 is 1.23 bits per heavy atom. The number of carbonyl (C=O) groups excluding carboxylic acids is 1. The summed E-state index contributed by atoms with van der Waals surface area (Å²) in [5.74, 6) is 0.295. The molecule has 0 aliphatic carbocycles. The van der Waals surface area contributed by atoms with E-state index >= 15 is 0 Å². The summed E-state index contributed by atoms with van der Waals surface area (Å²) in [6.45, 7) is 2.71. The van der Waals surface area contributed by atoms with Crippen LogP contribution in [0.2, 0.25) is 0 Å². The van der Waals surface area contributed by atoms with Crippen LogP contribution in [0.15, 0.2) is 41.8 Å². The molecule has 0 saturated carbocycles. The SMILES string of the molecule is Cc1ccccc1NC(=O)NCC[C@@H](CCO)c1cccs1. The lowest BCUT2D eigenvalue weighted by molar-refractivity contribution is 0.250. The van der Waals surface area contributed by atoms with Crippen LogP contribution >= 0.6 is 11.3 Å². The number of aliphatic hydroxyl groups excluding tert-OH is 1. The summed E-state index contributed by atoms with van der Waals surface area (Å²) in [5.41, 5.74) is 1.86. The van der Waals surface area contributed by atoms with E-state index in [4.69, 9.17) is 0 Å². The molecular weight excluding hydrogens is 296 g/mol. The molecule has 0 aliphatic rings. The number of hydrogen-bond acceptors (Lipinski definition) is 3. The van der Waals surface area contributed by atoms with Crippen LogP contribution < -0.4 is 10.6 Å². The van der Waals surface area contributed by atoms with Crippen LogP contribution in [0.4, 0.5) is 10.5 Å². The summed E-state index contributed by atoms with van der Waals surface area (Å²) >= 11 is 1.69. The van der Waals surface area contributed by atoms with E-state index in [1.807, 2.05) is 42.6 Å². The lowest BCUT2D eigenvalue weighted by Gasteiger charge is -2.15. The number of amides is 2. The first-order valence-corrected chi connectivity index (χ1v) is 8.33. The number of hydrogen-bond donors (Lipinski definition) is 3. The standard InChI is InChI=1S/C17H22N2O2S/c1-13-5-2-3-6-15(13)19-17(21)18-10-8-14(9-11-20)16-7-4-12-22-16/h2-7,12,14,20H,8-11H2,1H3,(H2,18,19,21)/t14-/m0/s1. The Kier molecular flexibility index (Phi) is 6.43. The molecule has 0 bridgehead atoms. The number of aryl methyl sites for hydroxylation is 1. The molecule has 0 saturated heterocycles. The maximum absolute atomic E-state index is 11.9. The third kappa shape index (κ3) is 4.86. The van der Waals surface area contributed by atoms with Gasteiger partial charge in [0.1, 0.15) is 0 Å². The van der Waals surface area contributed by atoms with Gasteiger partial charge >= 0.3 is 6.03 Å². The molecule has 0 fully saturated rings. The number of thiophene rings is 1. The minimum atomic E-state index is -0.191. The normalized spacial score (nSPS) is 11.9. The lowest BCUT2D eigenvalue weighted by atomic mass is 10.00. The Morgan fingerprint density at radius 3 is 2.73 bits per heavy atom. The van der Waals surface area contributed by atoms with Crippen molar-refractivity contribution in [1.82, 2.24) is 5.32 Å². The molecule has 2 amide bonds. The van der Waals surface area contributed by atoms with E-state index in [0.29, 0.717) is 12.5 Å². The van der Waals surface area contributed by atoms with Crippen molar-refractivity contribution in [2.24, 2.45) is 0 Å². The highest BCUT2D eigenvalue weighted by Crippen LogP contribution is 2.26. The van der Waals surface area contributed by atoms with Gasteiger partial charge in [0, 0.05) is 23.7 Å². The summed E-state index contributed by atoms with van der Waals surface area (Å²) in [4.78, 5) is 13.2. The van der Waals surface area contributed by atoms with Crippen LogP contribution in [0, 0.1) is 6.92 Å². The highest BCUT2D eigenvalue weighted by molar-refractivity contribution is 7.10. The van der Waals surface area contributed by atoms with E-state index in [1.54, 1.807) is 11.3 Å². The monoisotopic (exact) mass is 318 g/mol. The number of benzene rings is 1. The Labute approximate surface area is 135 Å². The van der Waals surface area contributed by atoms with E-state index < -0.39 is 0 Å². The summed E-state index contributed by atoms with van der Waals surface area (Å²) in [6, 6.07) is 11.6. The van der Waals surface area contributed by atoms with Gasteiger partial charge in [-0.3, -0.25) is 0 Å². The molecule has 0 spiro atoms. The molecule has 0 unspecified atom stereocenters. The van der Waals surface area contributed by atoms with Gasteiger partial charge in [0.15, 0.2) is 0 Å². The fourth-order valence-electron chi connectivity index (χ4n) is 2.35. The van der Waals surface area contributed by atoms with E-state index in [9.17, 15) is 9.90 Å². The molecular formula is C17H22N2O2S. The van der Waals surface area contributed by atoms with Crippen LogP contribution in [0.25, 0.3) is 0 Å². The molecule has 2 aromatic rings. The maximum atomic E-state index is 11.9. The molecule has 1 heterocycles. The molecule has 1 aromatic carbocycles. The third-order valence-corrected chi connectivity index (χ3v) is 4.63. The van der Waals surface area contributed by atoms with Gasteiger partial charge in [0.25, 0.3) is 0 Å². The fraction of sp³-hybridized carbons (Fsp3) is 0.353. The summed E-state index contributed by atoms with van der Waals surface area (Å²) in [6.07, 6.45) is 1.55. The van der Waals surface area contributed by atoms with E-state index in [0.717, 1.165) is 24.1 Å². The van der Waals surface area contributed by atoms with Crippen molar-refractivity contribution in [3.05, 3.63) is 52.2 Å². The molecule has 5 heteroatoms. The Morgan fingerprint density at radius 2 is 2.05 bits per heavy atom. The molecule has 2 rings (SSSR count). The van der Waals surface area contributed by atoms with Crippen LogP contribution in [0.3, 0.4) is 0 Å². The highest BCUT2D eigenvalue weighted by atomic mass is 32.1. The quantitative estimate of drug-likeness (QED) is 0.728. The largest absolute Gasteiger partial charge is 0.396 e. The minimum Gasteiger partial charge on any atom is -0.396 e. The van der Waals surface area contributed by atoms with Gasteiger partial charge in [-0.15, -0.1) is 11.3 Å². The van der Waals surface area contributed by atoms with Crippen molar-refractivity contribution in [2.45, 2.75) is 25.7 Å². The molecule has 0 aliphatic heterocycles. The second-order valence-corrected chi connectivity index (χ2v) is 6.19. The van der Waals surface area contributed by atoms with Gasteiger partial charge in [-0.2, -0.15) is 0 Å². The molecule has 3 N–H and O–H groups in total. The average molecular weight is 318 g/mol. The van der Waals surface area contributed by atoms with Gasteiger partial charge < -0.3 is 15.7 Å². The maximum Gasteiger partial charge on any atom is 0.319 e. The Hall–Kier alpha value is -1.85. The number of rotatable bonds is 7. The predicted octanol–water partition coefficient (Wildman–Crippen LogP) is 3.73. The predicted molar refractivity (Wildman–Crippen MR) is 91.6 cm³/mol. The van der Waals surface area contributed by atoms with Crippen molar-refractivity contribution < 1.29 is 9.90 Å². The number of para-hydroxylation sites is 1. The average Bonchev–Trinajstić information content (AvgIpc) is 3.03. The molecule has 118 valence electrons. The zero-order valence-corrected chi connectivity index (χ0v) is 13.5. The Balaban J connectivity index is 1.79. The number of anilines is 1. The first-order valence-electron chi connectivity index (χ1n) is 7.45. The first-order chi connectivity index (χ1) is 10.7. The fourth-order valence-corrected chi connectivity index (χ4v) is 3.25. The molecule has 22 heavy (non-hydrogen) atoms. The van der Waals surface area contributed by atoms with Crippen molar-refractivity contribution >= 4 is 23.1 Å². The van der Waals surface area contributed by atoms with E-state index in [1.165, 1.54) is 4.88 Å². The first kappa shape index (κ1) is 16.5. The summed E-state index contributed by atoms with van der Waals surface area (Å²) in [7, 11) is 0. The zero-order chi connectivity index (χ0) is 15.8. The summed E-state index contributed by atoms with van der Waals surface area (Å²) < 4.78 is 0. The molecule has 4 nitrogen and oxygen atoms in total. The lowest BCUT2D eigenvalue weighted by Crippen LogP contribution is -2.30. The van der Waals surface area contributed by atoms with Crippen molar-refractivity contribution in [1.29, 1.82) is 0 Å².